The van der Waals surface area contributed by atoms with Gasteiger partial charge in [0.15, 0.2) is 5.79 Å². The quantitative estimate of drug-likeness (QED) is 0.732. The third-order valence-corrected chi connectivity index (χ3v) is 3.79. The number of aliphatic hydroxyl groups is 1. The number of fused-ring (bicyclic) bond motifs is 2. The number of nitriles is 1. The summed E-state index contributed by atoms with van der Waals surface area (Å²) in [6, 6.07) is 2.18. The minimum Gasteiger partial charge on any atom is -0.365 e. The third kappa shape index (κ3) is 1.53. The average Bonchev–Trinajstić information content (AvgIpc) is 2.38. The summed E-state index contributed by atoms with van der Waals surface area (Å²) in [6.07, 6.45) is 4.92. The molecule has 0 aromatic heterocycles. The summed E-state index contributed by atoms with van der Waals surface area (Å²) in [7, 11) is 0. The van der Waals surface area contributed by atoms with Crippen LogP contribution in [0.1, 0.15) is 45.4 Å². The van der Waals surface area contributed by atoms with Gasteiger partial charge in [-0.25, -0.2) is 0 Å². The minimum absolute atomic E-state index is 0.177. The summed E-state index contributed by atoms with van der Waals surface area (Å²) in [6.45, 7) is 2.08. The SMILES string of the molecule is CC12CC[C@](O)(CC[C@@H]1CCC#N)O2. The Bertz CT molecular complexity index is 273. The molecule has 1 unspecified atom stereocenters. The molecule has 3 nitrogen and oxygen atoms in total. The van der Waals surface area contributed by atoms with Crippen LogP contribution in [0.15, 0.2) is 0 Å². The van der Waals surface area contributed by atoms with Crippen molar-refractivity contribution in [2.24, 2.45) is 5.92 Å². The van der Waals surface area contributed by atoms with E-state index in [1.165, 1.54) is 0 Å². The van der Waals surface area contributed by atoms with Crippen molar-refractivity contribution in [1.82, 2.24) is 0 Å². The molecule has 2 heterocycles. The molecule has 0 aliphatic carbocycles. The Kier molecular flexibility index (Phi) is 2.29. The van der Waals surface area contributed by atoms with E-state index >= 15 is 0 Å². The lowest BCUT2D eigenvalue weighted by Gasteiger charge is -2.41. The van der Waals surface area contributed by atoms with Crippen molar-refractivity contribution >= 4 is 0 Å². The summed E-state index contributed by atoms with van der Waals surface area (Å²) < 4.78 is 5.73. The van der Waals surface area contributed by atoms with Crippen molar-refractivity contribution in [2.75, 3.05) is 0 Å². The molecular formula is C11H17NO2. The average molecular weight is 195 g/mol. The van der Waals surface area contributed by atoms with Crippen LogP contribution in [0.2, 0.25) is 0 Å². The van der Waals surface area contributed by atoms with Crippen molar-refractivity contribution in [3.05, 3.63) is 0 Å². The van der Waals surface area contributed by atoms with E-state index in [0.29, 0.717) is 12.3 Å². The van der Waals surface area contributed by atoms with Crippen molar-refractivity contribution in [1.29, 1.82) is 5.26 Å². The number of rotatable bonds is 2. The lowest BCUT2D eigenvalue weighted by molar-refractivity contribution is -0.260. The molecule has 2 saturated heterocycles. The van der Waals surface area contributed by atoms with Gasteiger partial charge in [-0.05, 0) is 32.1 Å². The number of ether oxygens (including phenoxy) is 1. The van der Waals surface area contributed by atoms with Crippen LogP contribution in [0.4, 0.5) is 0 Å². The molecule has 0 spiro atoms. The molecule has 0 aromatic rings. The first-order chi connectivity index (χ1) is 6.58. The van der Waals surface area contributed by atoms with Crippen LogP contribution >= 0.6 is 0 Å². The van der Waals surface area contributed by atoms with Gasteiger partial charge in [-0.1, -0.05) is 0 Å². The van der Waals surface area contributed by atoms with E-state index in [0.717, 1.165) is 32.1 Å². The topological polar surface area (TPSA) is 53.2 Å². The van der Waals surface area contributed by atoms with Gasteiger partial charge >= 0.3 is 0 Å². The van der Waals surface area contributed by atoms with Gasteiger partial charge in [0.25, 0.3) is 0 Å². The standard InChI is InChI=1S/C11H17NO2/c1-10-6-7-11(13,14-10)5-4-9(10)3-2-8-12/h9,13H,2-7H2,1H3/t9-,10?,11-/m0/s1. The molecule has 3 heteroatoms. The highest BCUT2D eigenvalue weighted by molar-refractivity contribution is 4.99. The minimum atomic E-state index is -0.849. The zero-order valence-electron chi connectivity index (χ0n) is 8.62. The molecule has 2 aliphatic heterocycles. The summed E-state index contributed by atoms with van der Waals surface area (Å²) in [4.78, 5) is 0. The van der Waals surface area contributed by atoms with E-state index in [1.807, 2.05) is 0 Å². The molecule has 2 fully saturated rings. The fourth-order valence-electron chi connectivity index (χ4n) is 2.84. The maximum Gasteiger partial charge on any atom is 0.166 e. The smallest absolute Gasteiger partial charge is 0.166 e. The molecule has 2 rings (SSSR count). The number of nitrogens with zero attached hydrogens (tertiary/aromatic N) is 1. The van der Waals surface area contributed by atoms with Gasteiger partial charge in [0.1, 0.15) is 0 Å². The fourth-order valence-corrected chi connectivity index (χ4v) is 2.84. The van der Waals surface area contributed by atoms with Crippen LogP contribution in [0.25, 0.3) is 0 Å². The Hall–Kier alpha value is -0.590. The second-order valence-electron chi connectivity index (χ2n) is 4.79. The zero-order chi connectivity index (χ0) is 10.2. The van der Waals surface area contributed by atoms with Gasteiger partial charge in [-0.2, -0.15) is 5.26 Å². The van der Waals surface area contributed by atoms with Crippen LogP contribution in [0.5, 0.6) is 0 Å². The Morgan fingerprint density at radius 3 is 3.00 bits per heavy atom. The summed E-state index contributed by atoms with van der Waals surface area (Å²) in [5, 5.41) is 18.5. The van der Waals surface area contributed by atoms with E-state index in [-0.39, 0.29) is 5.60 Å². The highest BCUT2D eigenvalue weighted by Gasteiger charge is 2.53. The second-order valence-corrected chi connectivity index (χ2v) is 4.79. The predicted octanol–water partition coefficient (Wildman–Crippen LogP) is 1.96. The van der Waals surface area contributed by atoms with Gasteiger partial charge in [-0.3, -0.25) is 0 Å². The second kappa shape index (κ2) is 3.22. The monoisotopic (exact) mass is 195 g/mol. The molecule has 0 amide bonds. The van der Waals surface area contributed by atoms with Gasteiger partial charge in [0, 0.05) is 19.3 Å². The zero-order valence-corrected chi connectivity index (χ0v) is 8.62. The van der Waals surface area contributed by atoms with E-state index < -0.39 is 5.79 Å². The van der Waals surface area contributed by atoms with E-state index in [1.54, 1.807) is 0 Å². The van der Waals surface area contributed by atoms with E-state index in [2.05, 4.69) is 13.0 Å². The normalized spacial score (nSPS) is 46.2. The Morgan fingerprint density at radius 2 is 2.29 bits per heavy atom. The summed E-state index contributed by atoms with van der Waals surface area (Å²) in [5.41, 5.74) is -0.177. The van der Waals surface area contributed by atoms with Crippen LogP contribution in [0.3, 0.4) is 0 Å². The van der Waals surface area contributed by atoms with Gasteiger partial charge < -0.3 is 9.84 Å². The van der Waals surface area contributed by atoms with Crippen LogP contribution in [-0.2, 0) is 4.74 Å². The highest BCUT2D eigenvalue weighted by Crippen LogP contribution is 2.50. The number of hydrogen-bond donors (Lipinski definition) is 1. The maximum atomic E-state index is 9.94. The van der Waals surface area contributed by atoms with Crippen molar-refractivity contribution < 1.29 is 9.84 Å². The Balaban J connectivity index is 2.05. The van der Waals surface area contributed by atoms with E-state index in [9.17, 15) is 5.11 Å². The van der Waals surface area contributed by atoms with Gasteiger partial charge in [0.2, 0.25) is 0 Å². The molecule has 14 heavy (non-hydrogen) atoms. The first-order valence-corrected chi connectivity index (χ1v) is 5.37. The predicted molar refractivity (Wildman–Crippen MR) is 51.2 cm³/mol. The fraction of sp³-hybridized carbons (Fsp3) is 0.909. The number of hydrogen-bond acceptors (Lipinski definition) is 3. The maximum absolute atomic E-state index is 9.94. The van der Waals surface area contributed by atoms with Crippen molar-refractivity contribution in [3.8, 4) is 6.07 Å². The van der Waals surface area contributed by atoms with E-state index in [4.69, 9.17) is 10.00 Å². The van der Waals surface area contributed by atoms with Gasteiger partial charge in [-0.15, -0.1) is 0 Å². The third-order valence-electron chi connectivity index (χ3n) is 3.79. The van der Waals surface area contributed by atoms with Crippen LogP contribution in [-0.4, -0.2) is 16.5 Å². The van der Waals surface area contributed by atoms with Crippen LogP contribution < -0.4 is 0 Å². The molecule has 0 radical (unpaired) electrons. The Labute approximate surface area is 84.7 Å². The molecular weight excluding hydrogens is 178 g/mol. The summed E-state index contributed by atoms with van der Waals surface area (Å²) in [5.74, 6) is -0.400. The highest BCUT2D eigenvalue weighted by atomic mass is 16.6. The molecule has 1 N–H and O–H groups in total. The molecule has 78 valence electrons. The lowest BCUT2D eigenvalue weighted by atomic mass is 9.81. The largest absolute Gasteiger partial charge is 0.365 e. The van der Waals surface area contributed by atoms with Crippen molar-refractivity contribution in [3.63, 3.8) is 0 Å². The molecule has 2 aliphatic rings. The summed E-state index contributed by atoms with van der Waals surface area (Å²) >= 11 is 0. The molecule has 0 saturated carbocycles. The Morgan fingerprint density at radius 1 is 1.50 bits per heavy atom. The molecule has 0 aromatic carbocycles. The molecule has 2 bridgehead atoms. The molecule has 3 atom stereocenters. The lowest BCUT2D eigenvalue weighted by Crippen LogP contribution is -2.44. The van der Waals surface area contributed by atoms with Gasteiger partial charge in [0.05, 0.1) is 11.7 Å². The first kappa shape index (κ1) is 9.95. The van der Waals surface area contributed by atoms with Crippen molar-refractivity contribution in [2.45, 2.75) is 56.8 Å². The van der Waals surface area contributed by atoms with Crippen LogP contribution in [0, 0.1) is 17.2 Å². The first-order valence-electron chi connectivity index (χ1n) is 5.37.